The van der Waals surface area contributed by atoms with E-state index in [1.165, 1.54) is 6.42 Å². The van der Waals surface area contributed by atoms with Crippen LogP contribution in [-0.2, 0) is 52.2 Å². The molecule has 4 saturated carbocycles. The fourth-order valence-electron chi connectivity index (χ4n) is 11.4. The molecular weight excluding hydrogens is 644 g/mol. The standard InChI is InChI=1S/C39H64O11/c1-8-42-22-46-33-25(4)49-36(35(34(33)41-7)47-23-43-9-2)50-28-13-16-37(5)27(20-28)11-12-31-30(37)14-17-38(6)29(26-19-32(40)45-21-26)15-18-39(31,38)48-24-44-10-3/h19,25,27-31,33-36H,8-18,20-24H2,1-7H3/t25-,27+,28-,29+,30-,31+,33-,34+,35-,36-,37-,38+,39-/m0/s1. The summed E-state index contributed by atoms with van der Waals surface area (Å²) in [5.41, 5.74) is 0.995. The van der Waals surface area contributed by atoms with Crippen molar-refractivity contribution in [1.82, 2.24) is 0 Å². The summed E-state index contributed by atoms with van der Waals surface area (Å²) in [5, 5.41) is 0. The topological polar surface area (TPSA) is 109 Å². The first-order valence-corrected chi connectivity index (χ1v) is 19.5. The number of hydrogen-bond donors (Lipinski definition) is 0. The minimum Gasteiger partial charge on any atom is -0.458 e. The highest BCUT2D eigenvalue weighted by molar-refractivity contribution is 5.85. The van der Waals surface area contributed by atoms with Gasteiger partial charge in [-0.3, -0.25) is 0 Å². The van der Waals surface area contributed by atoms with Crippen LogP contribution in [0.2, 0.25) is 0 Å². The van der Waals surface area contributed by atoms with Crippen LogP contribution in [0.5, 0.6) is 0 Å². The summed E-state index contributed by atoms with van der Waals surface area (Å²) in [6, 6.07) is 0. The summed E-state index contributed by atoms with van der Waals surface area (Å²) >= 11 is 0. The molecule has 11 heteroatoms. The molecule has 50 heavy (non-hydrogen) atoms. The minimum absolute atomic E-state index is 0.0538. The quantitative estimate of drug-likeness (QED) is 0.0796. The number of esters is 1. The molecule has 6 rings (SSSR count). The van der Waals surface area contributed by atoms with E-state index in [1.54, 1.807) is 13.2 Å². The third-order valence-corrected chi connectivity index (χ3v) is 13.9. The van der Waals surface area contributed by atoms with Gasteiger partial charge in [-0.15, -0.1) is 0 Å². The summed E-state index contributed by atoms with van der Waals surface area (Å²) < 4.78 is 61.1. The number of hydrogen-bond acceptors (Lipinski definition) is 11. The molecule has 0 aromatic rings. The molecule has 0 unspecified atom stereocenters. The van der Waals surface area contributed by atoms with Crippen LogP contribution in [0.25, 0.3) is 0 Å². The molecule has 286 valence electrons. The van der Waals surface area contributed by atoms with Crippen LogP contribution in [0, 0.1) is 34.5 Å². The van der Waals surface area contributed by atoms with Gasteiger partial charge in [0.2, 0.25) is 0 Å². The van der Waals surface area contributed by atoms with Crippen molar-refractivity contribution >= 4 is 5.97 Å². The monoisotopic (exact) mass is 708 g/mol. The maximum absolute atomic E-state index is 12.1. The Morgan fingerprint density at radius 2 is 1.54 bits per heavy atom. The van der Waals surface area contributed by atoms with E-state index in [4.69, 9.17) is 47.4 Å². The number of rotatable bonds is 16. The highest BCUT2D eigenvalue weighted by Crippen LogP contribution is 2.71. The van der Waals surface area contributed by atoms with E-state index in [-0.39, 0.29) is 54.3 Å². The summed E-state index contributed by atoms with van der Waals surface area (Å²) in [6.45, 7) is 15.7. The highest BCUT2D eigenvalue weighted by Gasteiger charge is 2.69. The Bertz CT molecular complexity index is 1160. The second-order valence-electron chi connectivity index (χ2n) is 15.9. The SMILES string of the molecule is CCOCO[C@@H]1[C@H](O[C@H]2CC[C@@]3(C)[C@H](CC[C@@H]4[C@@H]3CC[C@]3(C)[C@@H](C5=CC(=O)OC5)CC[C@]43OCOCC)C2)O[C@@H](C)[C@H](OCOCC)[C@H]1OC. The molecule has 0 bridgehead atoms. The molecule has 5 fully saturated rings. The molecule has 2 aliphatic heterocycles. The van der Waals surface area contributed by atoms with Gasteiger partial charge in [0.25, 0.3) is 0 Å². The Hall–Kier alpha value is -1.15. The number of carbonyl (C=O) groups is 1. The third-order valence-electron chi connectivity index (χ3n) is 13.9. The smallest absolute Gasteiger partial charge is 0.331 e. The van der Waals surface area contributed by atoms with Gasteiger partial charge in [0.1, 0.15) is 45.3 Å². The van der Waals surface area contributed by atoms with Gasteiger partial charge >= 0.3 is 5.97 Å². The van der Waals surface area contributed by atoms with E-state index < -0.39 is 18.5 Å². The second-order valence-corrected chi connectivity index (χ2v) is 15.9. The Labute approximate surface area is 299 Å². The molecule has 2 heterocycles. The van der Waals surface area contributed by atoms with Crippen molar-refractivity contribution in [3.8, 4) is 0 Å². The molecule has 6 aliphatic rings. The number of cyclic esters (lactones) is 1. The maximum Gasteiger partial charge on any atom is 0.331 e. The van der Waals surface area contributed by atoms with Crippen molar-refractivity contribution < 1.29 is 52.2 Å². The van der Waals surface area contributed by atoms with E-state index in [0.29, 0.717) is 56.9 Å². The summed E-state index contributed by atoms with van der Waals surface area (Å²) in [6.07, 6.45) is 9.24. The maximum atomic E-state index is 12.1. The van der Waals surface area contributed by atoms with Crippen molar-refractivity contribution in [3.05, 3.63) is 11.6 Å². The molecule has 0 amide bonds. The fourth-order valence-corrected chi connectivity index (χ4v) is 11.4. The second kappa shape index (κ2) is 16.5. The summed E-state index contributed by atoms with van der Waals surface area (Å²) in [5.74, 6) is 1.63. The molecule has 4 aliphatic carbocycles. The van der Waals surface area contributed by atoms with Crippen molar-refractivity contribution in [2.75, 3.05) is 53.9 Å². The molecule has 0 N–H and O–H groups in total. The van der Waals surface area contributed by atoms with E-state index in [0.717, 1.165) is 56.9 Å². The van der Waals surface area contributed by atoms with Crippen LogP contribution >= 0.6 is 0 Å². The molecule has 1 saturated heterocycles. The van der Waals surface area contributed by atoms with Crippen molar-refractivity contribution in [1.29, 1.82) is 0 Å². The van der Waals surface area contributed by atoms with Crippen molar-refractivity contribution in [2.24, 2.45) is 34.5 Å². The van der Waals surface area contributed by atoms with Gasteiger partial charge < -0.3 is 47.4 Å². The van der Waals surface area contributed by atoms with E-state index >= 15 is 0 Å². The van der Waals surface area contributed by atoms with Crippen LogP contribution in [0.15, 0.2) is 11.6 Å². The number of fused-ring (bicyclic) bond motifs is 5. The molecule has 0 aromatic carbocycles. The molecule has 13 atom stereocenters. The van der Waals surface area contributed by atoms with Crippen LogP contribution in [0.4, 0.5) is 0 Å². The van der Waals surface area contributed by atoms with Crippen LogP contribution in [0.1, 0.15) is 99.3 Å². The minimum atomic E-state index is -0.602. The number of ether oxygens (including phenoxy) is 10. The first-order chi connectivity index (χ1) is 24.2. The Morgan fingerprint density at radius 1 is 0.820 bits per heavy atom. The Morgan fingerprint density at radius 3 is 2.22 bits per heavy atom. The molecule has 0 aromatic heterocycles. The lowest BCUT2D eigenvalue weighted by atomic mass is 9.43. The lowest BCUT2D eigenvalue weighted by Crippen LogP contribution is -2.64. The predicted molar refractivity (Wildman–Crippen MR) is 184 cm³/mol. The average Bonchev–Trinajstić information content (AvgIpc) is 3.66. The summed E-state index contributed by atoms with van der Waals surface area (Å²) in [4.78, 5) is 12.1. The normalized spacial score (nSPS) is 44.3. The van der Waals surface area contributed by atoms with Gasteiger partial charge in [-0.25, -0.2) is 4.79 Å². The molecule has 0 radical (unpaired) electrons. The zero-order valence-electron chi connectivity index (χ0n) is 31.7. The van der Waals surface area contributed by atoms with E-state index in [2.05, 4.69) is 13.8 Å². The van der Waals surface area contributed by atoms with E-state index in [9.17, 15) is 4.79 Å². The molecular formula is C39H64O11. The highest BCUT2D eigenvalue weighted by atomic mass is 16.8. The van der Waals surface area contributed by atoms with Crippen LogP contribution in [0.3, 0.4) is 0 Å². The number of carbonyl (C=O) groups excluding carboxylic acids is 1. The van der Waals surface area contributed by atoms with Gasteiger partial charge in [0.15, 0.2) is 6.29 Å². The van der Waals surface area contributed by atoms with Gasteiger partial charge in [-0.1, -0.05) is 13.8 Å². The third kappa shape index (κ3) is 7.09. The van der Waals surface area contributed by atoms with Gasteiger partial charge in [-0.2, -0.15) is 0 Å². The van der Waals surface area contributed by atoms with Crippen LogP contribution in [-0.4, -0.2) is 102 Å². The van der Waals surface area contributed by atoms with Crippen molar-refractivity contribution in [2.45, 2.75) is 142 Å². The molecule has 0 spiro atoms. The van der Waals surface area contributed by atoms with Gasteiger partial charge in [-0.05, 0) is 120 Å². The molecule has 11 nitrogen and oxygen atoms in total. The van der Waals surface area contributed by atoms with Gasteiger partial charge in [0.05, 0.1) is 17.8 Å². The van der Waals surface area contributed by atoms with Gasteiger partial charge in [0, 0.05) is 38.4 Å². The first-order valence-electron chi connectivity index (χ1n) is 19.5. The number of methoxy groups -OCH3 is 1. The van der Waals surface area contributed by atoms with E-state index in [1.807, 2.05) is 27.7 Å². The van der Waals surface area contributed by atoms with Crippen LogP contribution < -0.4 is 0 Å². The zero-order valence-corrected chi connectivity index (χ0v) is 31.7. The largest absolute Gasteiger partial charge is 0.458 e. The Kier molecular flexibility index (Phi) is 12.7. The van der Waals surface area contributed by atoms with Crippen molar-refractivity contribution in [3.63, 3.8) is 0 Å². The Balaban J connectivity index is 1.17. The lowest BCUT2D eigenvalue weighted by Gasteiger charge is -2.65. The fraction of sp³-hybridized carbons (Fsp3) is 0.923. The first kappa shape index (κ1) is 38.6. The predicted octanol–water partition coefficient (Wildman–Crippen LogP) is 6.17. The average molecular weight is 709 g/mol. The summed E-state index contributed by atoms with van der Waals surface area (Å²) in [7, 11) is 1.68. The lowest BCUT2D eigenvalue weighted by molar-refractivity contribution is -0.339. The zero-order chi connectivity index (χ0) is 35.5.